The van der Waals surface area contributed by atoms with E-state index >= 15 is 0 Å². The molecule has 23 heavy (non-hydrogen) atoms. The molecule has 0 saturated carbocycles. The van der Waals surface area contributed by atoms with Gasteiger partial charge >= 0.3 is 0 Å². The zero-order valence-corrected chi connectivity index (χ0v) is 14.2. The molecule has 0 unspecified atom stereocenters. The fraction of sp³-hybridized carbons (Fsp3) is 0.400. The predicted octanol–water partition coefficient (Wildman–Crippen LogP) is 1.67. The molecule has 0 spiro atoms. The molecule has 7 nitrogen and oxygen atoms in total. The number of amides is 1. The average Bonchev–Trinajstić information content (AvgIpc) is 2.95. The lowest BCUT2D eigenvalue weighted by atomic mass is 10.2. The minimum absolute atomic E-state index is 0. The van der Waals surface area contributed by atoms with E-state index in [9.17, 15) is 4.79 Å². The number of carbonyl (C=O) groups is 1. The van der Waals surface area contributed by atoms with Gasteiger partial charge in [0.25, 0.3) is 5.91 Å². The maximum Gasteiger partial charge on any atom is 0.257 e. The van der Waals surface area contributed by atoms with Crippen molar-refractivity contribution in [3.8, 4) is 5.75 Å². The third-order valence-corrected chi connectivity index (χ3v) is 3.09. The standard InChI is InChI=1S/C15H20N4O3.ClH/c1-11-17-14(18-22-11)10-21-13-7-5-4-6-12(13)15(20)19(3)9-8-16-2;/h4-7,16H,8-10H2,1-3H3;1H. The van der Waals surface area contributed by atoms with Gasteiger partial charge in [-0.1, -0.05) is 17.3 Å². The summed E-state index contributed by atoms with van der Waals surface area (Å²) in [6.45, 7) is 3.22. The molecule has 8 heteroatoms. The van der Waals surface area contributed by atoms with E-state index in [4.69, 9.17) is 9.26 Å². The lowest BCUT2D eigenvalue weighted by Gasteiger charge is -2.18. The van der Waals surface area contributed by atoms with E-state index in [2.05, 4.69) is 15.5 Å². The Bertz CT molecular complexity index is 633. The number of nitrogens with zero attached hydrogens (tertiary/aromatic N) is 3. The SMILES string of the molecule is CNCCN(C)C(=O)c1ccccc1OCc1noc(C)n1.Cl. The third kappa shape index (κ3) is 5.22. The molecule has 0 aliphatic carbocycles. The summed E-state index contributed by atoms with van der Waals surface area (Å²) in [6, 6.07) is 7.13. The zero-order chi connectivity index (χ0) is 15.9. The van der Waals surface area contributed by atoms with Gasteiger partial charge in [0.2, 0.25) is 11.7 Å². The molecule has 0 bridgehead atoms. The number of halogens is 1. The third-order valence-electron chi connectivity index (χ3n) is 3.09. The number of nitrogens with one attached hydrogen (secondary N) is 1. The largest absolute Gasteiger partial charge is 0.485 e. The van der Waals surface area contributed by atoms with Crippen LogP contribution in [-0.2, 0) is 6.61 Å². The molecule has 126 valence electrons. The Kier molecular flexibility index (Phi) is 7.50. The molecule has 2 rings (SSSR count). The van der Waals surface area contributed by atoms with Crippen LogP contribution in [0.2, 0.25) is 0 Å². The van der Waals surface area contributed by atoms with Crippen LogP contribution in [0.15, 0.2) is 28.8 Å². The molecular weight excluding hydrogens is 320 g/mol. The van der Waals surface area contributed by atoms with E-state index < -0.39 is 0 Å². The summed E-state index contributed by atoms with van der Waals surface area (Å²) in [4.78, 5) is 18.2. The second-order valence-corrected chi connectivity index (χ2v) is 4.84. The summed E-state index contributed by atoms with van der Waals surface area (Å²) in [6.07, 6.45) is 0. The number of aromatic nitrogens is 2. The molecular formula is C15H21ClN4O3. The van der Waals surface area contributed by atoms with Crippen molar-refractivity contribution in [2.24, 2.45) is 0 Å². The molecule has 0 aliphatic rings. The van der Waals surface area contributed by atoms with Crippen molar-refractivity contribution in [2.45, 2.75) is 13.5 Å². The van der Waals surface area contributed by atoms with Crippen LogP contribution < -0.4 is 10.1 Å². The molecule has 1 aromatic heterocycles. The number of para-hydroxylation sites is 1. The van der Waals surface area contributed by atoms with Crippen molar-refractivity contribution in [2.75, 3.05) is 27.2 Å². The Morgan fingerprint density at radius 1 is 1.39 bits per heavy atom. The molecule has 1 heterocycles. The van der Waals surface area contributed by atoms with Crippen molar-refractivity contribution in [1.29, 1.82) is 0 Å². The first-order valence-corrected chi connectivity index (χ1v) is 7.03. The van der Waals surface area contributed by atoms with Gasteiger partial charge in [-0.25, -0.2) is 0 Å². The van der Waals surface area contributed by atoms with E-state index in [1.807, 2.05) is 19.2 Å². The maximum absolute atomic E-state index is 12.5. The van der Waals surface area contributed by atoms with E-state index in [1.165, 1.54) is 0 Å². The van der Waals surface area contributed by atoms with Crippen LogP contribution in [0.3, 0.4) is 0 Å². The van der Waals surface area contributed by atoms with Gasteiger partial charge < -0.3 is 19.5 Å². The fourth-order valence-electron chi connectivity index (χ4n) is 1.90. The van der Waals surface area contributed by atoms with Crippen molar-refractivity contribution in [3.63, 3.8) is 0 Å². The Morgan fingerprint density at radius 3 is 2.78 bits per heavy atom. The topological polar surface area (TPSA) is 80.5 Å². The van der Waals surface area contributed by atoms with Gasteiger partial charge in [0.15, 0.2) is 6.61 Å². The molecule has 1 aromatic carbocycles. The molecule has 0 aliphatic heterocycles. The number of rotatable bonds is 7. The normalized spacial score (nSPS) is 10.0. The smallest absolute Gasteiger partial charge is 0.257 e. The Balaban J connectivity index is 0.00000264. The fourth-order valence-corrected chi connectivity index (χ4v) is 1.90. The minimum atomic E-state index is -0.0878. The summed E-state index contributed by atoms with van der Waals surface area (Å²) >= 11 is 0. The second-order valence-electron chi connectivity index (χ2n) is 4.84. The van der Waals surface area contributed by atoms with Crippen LogP contribution in [0, 0.1) is 6.92 Å². The molecule has 2 aromatic rings. The predicted molar refractivity (Wildman–Crippen MR) is 87.9 cm³/mol. The average molecular weight is 341 g/mol. The van der Waals surface area contributed by atoms with Crippen LogP contribution in [0.4, 0.5) is 0 Å². The number of ether oxygens (including phenoxy) is 1. The number of likely N-dealkylation sites (N-methyl/N-ethyl adjacent to an activating group) is 2. The maximum atomic E-state index is 12.5. The van der Waals surface area contributed by atoms with Crippen molar-refractivity contribution < 1.29 is 14.1 Å². The number of aryl methyl sites for hydroxylation is 1. The first kappa shape index (κ1) is 18.9. The first-order valence-electron chi connectivity index (χ1n) is 7.03. The van der Waals surface area contributed by atoms with Crippen molar-refractivity contribution >= 4 is 18.3 Å². The number of carbonyl (C=O) groups excluding carboxylic acids is 1. The Labute approximate surface area is 141 Å². The van der Waals surface area contributed by atoms with Gasteiger partial charge in [-0.05, 0) is 19.2 Å². The monoisotopic (exact) mass is 340 g/mol. The van der Waals surface area contributed by atoms with Crippen LogP contribution >= 0.6 is 12.4 Å². The van der Waals surface area contributed by atoms with Crippen LogP contribution in [0.25, 0.3) is 0 Å². The van der Waals surface area contributed by atoms with Crippen molar-refractivity contribution in [3.05, 3.63) is 41.5 Å². The van der Waals surface area contributed by atoms with Gasteiger partial charge in [0.1, 0.15) is 5.75 Å². The van der Waals surface area contributed by atoms with E-state index in [0.717, 1.165) is 6.54 Å². The van der Waals surface area contributed by atoms with E-state index in [0.29, 0.717) is 29.6 Å². The summed E-state index contributed by atoms with van der Waals surface area (Å²) in [5.41, 5.74) is 0.515. The Morgan fingerprint density at radius 2 is 2.13 bits per heavy atom. The summed E-state index contributed by atoms with van der Waals surface area (Å²) in [5.74, 6) is 1.35. The van der Waals surface area contributed by atoms with E-state index in [-0.39, 0.29) is 24.9 Å². The first-order chi connectivity index (χ1) is 10.6. The van der Waals surface area contributed by atoms with Gasteiger partial charge in [-0.3, -0.25) is 4.79 Å². The molecule has 0 saturated heterocycles. The highest BCUT2D eigenvalue weighted by Crippen LogP contribution is 2.20. The second kappa shape index (κ2) is 9.12. The molecule has 1 amide bonds. The Hall–Kier alpha value is -2.12. The van der Waals surface area contributed by atoms with Crippen molar-refractivity contribution in [1.82, 2.24) is 20.4 Å². The van der Waals surface area contributed by atoms with Crippen LogP contribution in [0.1, 0.15) is 22.1 Å². The molecule has 0 fully saturated rings. The van der Waals surface area contributed by atoms with Crippen LogP contribution in [-0.4, -0.2) is 48.1 Å². The molecule has 0 atom stereocenters. The highest BCUT2D eigenvalue weighted by atomic mass is 35.5. The summed E-state index contributed by atoms with van der Waals surface area (Å²) < 4.78 is 10.6. The highest BCUT2D eigenvalue weighted by molar-refractivity contribution is 5.96. The van der Waals surface area contributed by atoms with Crippen LogP contribution in [0.5, 0.6) is 5.75 Å². The lowest BCUT2D eigenvalue weighted by molar-refractivity contribution is 0.0791. The van der Waals surface area contributed by atoms with Gasteiger partial charge in [0, 0.05) is 27.1 Å². The summed E-state index contributed by atoms with van der Waals surface area (Å²) in [5, 5.41) is 6.78. The van der Waals surface area contributed by atoms with E-state index in [1.54, 1.807) is 31.0 Å². The number of benzene rings is 1. The zero-order valence-electron chi connectivity index (χ0n) is 13.4. The lowest BCUT2D eigenvalue weighted by Crippen LogP contribution is -2.33. The number of hydrogen-bond acceptors (Lipinski definition) is 6. The van der Waals surface area contributed by atoms with Gasteiger partial charge in [-0.2, -0.15) is 4.98 Å². The van der Waals surface area contributed by atoms with Gasteiger partial charge in [-0.15, -0.1) is 12.4 Å². The summed E-state index contributed by atoms with van der Waals surface area (Å²) in [7, 11) is 3.61. The highest BCUT2D eigenvalue weighted by Gasteiger charge is 2.16. The minimum Gasteiger partial charge on any atom is -0.485 e. The molecule has 0 radical (unpaired) electrons. The van der Waals surface area contributed by atoms with Gasteiger partial charge in [0.05, 0.1) is 5.56 Å². The molecule has 1 N–H and O–H groups in total. The quantitative estimate of drug-likeness (QED) is 0.825. The number of hydrogen-bond donors (Lipinski definition) is 1.